The molecule has 0 unspecified atom stereocenters. The first-order chi connectivity index (χ1) is 17.7. The van der Waals surface area contributed by atoms with Crippen molar-refractivity contribution < 1.29 is 13.2 Å². The molecule has 0 saturated heterocycles. The lowest BCUT2D eigenvalue weighted by atomic mass is 9.92. The molecule has 0 spiro atoms. The summed E-state index contributed by atoms with van der Waals surface area (Å²) >= 11 is 0. The molecule has 37 heavy (non-hydrogen) atoms. The number of allylic oxidation sites excluding steroid dienone is 2. The van der Waals surface area contributed by atoms with E-state index in [0.717, 1.165) is 5.56 Å². The molecule has 1 aliphatic rings. The summed E-state index contributed by atoms with van der Waals surface area (Å²) in [4.78, 5) is 26.8. The highest BCUT2D eigenvalue weighted by molar-refractivity contribution is 7.90. The van der Waals surface area contributed by atoms with Crippen LogP contribution in [0.1, 0.15) is 27.2 Å². The molecule has 1 aromatic heterocycles. The van der Waals surface area contributed by atoms with Gasteiger partial charge < -0.3 is 5.32 Å². The van der Waals surface area contributed by atoms with E-state index in [1.807, 2.05) is 37.3 Å². The van der Waals surface area contributed by atoms with Crippen LogP contribution in [0.4, 0.5) is 5.69 Å². The predicted molar refractivity (Wildman–Crippen MR) is 143 cm³/mol. The second-order valence-corrected chi connectivity index (χ2v) is 10.4. The Kier molecular flexibility index (Phi) is 6.01. The Balaban J connectivity index is 1.62. The van der Waals surface area contributed by atoms with Crippen LogP contribution in [0.25, 0.3) is 5.69 Å². The minimum atomic E-state index is -4.05. The van der Waals surface area contributed by atoms with Crippen LogP contribution in [-0.2, 0) is 17.1 Å². The van der Waals surface area contributed by atoms with E-state index in [0.29, 0.717) is 22.5 Å². The summed E-state index contributed by atoms with van der Waals surface area (Å²) in [7, 11) is -2.30. The van der Waals surface area contributed by atoms with E-state index in [1.165, 1.54) is 22.9 Å². The second kappa shape index (κ2) is 9.18. The van der Waals surface area contributed by atoms with E-state index < -0.39 is 10.0 Å². The van der Waals surface area contributed by atoms with Gasteiger partial charge in [-0.2, -0.15) is 12.8 Å². The van der Waals surface area contributed by atoms with Crippen LogP contribution in [0, 0.1) is 13.8 Å². The molecule has 8 nitrogen and oxygen atoms in total. The Morgan fingerprint density at radius 1 is 0.811 bits per heavy atom. The third-order valence-electron chi connectivity index (χ3n) is 6.32. The fourth-order valence-electron chi connectivity index (χ4n) is 4.24. The Labute approximate surface area is 214 Å². The van der Waals surface area contributed by atoms with E-state index in [2.05, 4.69) is 9.71 Å². The van der Waals surface area contributed by atoms with Gasteiger partial charge >= 0.3 is 0 Å². The number of aromatic nitrogens is 2. The molecule has 1 aliphatic carbocycles. The first kappa shape index (κ1) is 24.2. The van der Waals surface area contributed by atoms with Gasteiger partial charge in [-0.3, -0.25) is 14.3 Å². The lowest BCUT2D eigenvalue weighted by molar-refractivity contribution is 0.103. The van der Waals surface area contributed by atoms with Crippen LogP contribution in [0.3, 0.4) is 0 Å². The number of carbonyl (C=O) groups is 1. The molecule has 5 rings (SSSR count). The van der Waals surface area contributed by atoms with Gasteiger partial charge in [0, 0.05) is 18.2 Å². The number of hydrogen-bond donors (Lipinski definition) is 1. The predicted octanol–water partition coefficient (Wildman–Crippen LogP) is 4.16. The van der Waals surface area contributed by atoms with Gasteiger partial charge in [0.15, 0.2) is 0 Å². The molecular formula is C28H24N4O4S. The summed E-state index contributed by atoms with van der Waals surface area (Å²) in [6.07, 6.45) is 1.38. The Bertz CT molecular complexity index is 1760. The minimum absolute atomic E-state index is 0.0486. The zero-order chi connectivity index (χ0) is 26.3. The Morgan fingerprint density at radius 3 is 2.11 bits per heavy atom. The molecule has 9 heteroatoms. The molecule has 186 valence electrons. The number of sulfonamides is 1. The molecule has 0 fully saturated rings. The van der Waals surface area contributed by atoms with E-state index in [4.69, 9.17) is 0 Å². The maximum absolute atomic E-state index is 13.4. The van der Waals surface area contributed by atoms with Crippen molar-refractivity contribution in [1.29, 1.82) is 0 Å². The maximum Gasteiger partial charge on any atom is 0.295 e. The number of benzene rings is 3. The maximum atomic E-state index is 13.4. The number of fused-ring (bicyclic) bond motifs is 1. The zero-order valence-electron chi connectivity index (χ0n) is 20.5. The highest BCUT2D eigenvalue weighted by atomic mass is 32.2. The molecule has 0 aliphatic heterocycles. The van der Waals surface area contributed by atoms with Gasteiger partial charge in [0.25, 0.3) is 15.6 Å². The number of nitrogens with zero attached hydrogens (tertiary/aromatic N) is 3. The van der Waals surface area contributed by atoms with Crippen LogP contribution >= 0.6 is 0 Å². The van der Waals surface area contributed by atoms with Crippen LogP contribution in [0.15, 0.2) is 105 Å². The first-order valence-corrected chi connectivity index (χ1v) is 13.0. The monoisotopic (exact) mass is 512 g/mol. The van der Waals surface area contributed by atoms with Crippen LogP contribution < -0.4 is 10.9 Å². The number of rotatable bonds is 5. The largest absolute Gasteiger partial charge is 0.346 e. The Morgan fingerprint density at radius 2 is 1.43 bits per heavy atom. The standard InChI is InChI=1S/C28H24N4O4S/c1-18-13-15-21(16-14-18)37(35,36)30-24-17-25(27(33)23-12-8-7-11-22(23)24)29-26-19(2)31(3)32(28(26)34)20-9-5-4-6-10-20/h4-17,29H,1-3H3. The number of ketones is 1. The highest BCUT2D eigenvalue weighted by Crippen LogP contribution is 2.26. The molecule has 1 heterocycles. The lowest BCUT2D eigenvalue weighted by Crippen LogP contribution is -2.25. The van der Waals surface area contributed by atoms with Crippen molar-refractivity contribution in [1.82, 2.24) is 9.36 Å². The van der Waals surface area contributed by atoms with Gasteiger partial charge in [0.1, 0.15) is 5.69 Å². The lowest BCUT2D eigenvalue weighted by Gasteiger charge is -2.18. The molecule has 3 aromatic carbocycles. The molecular weight excluding hydrogens is 488 g/mol. The molecule has 0 amide bonds. The van der Waals surface area contributed by atoms with E-state index in [-0.39, 0.29) is 33.3 Å². The number of nitrogens with one attached hydrogen (secondary N) is 1. The highest BCUT2D eigenvalue weighted by Gasteiger charge is 2.28. The zero-order valence-corrected chi connectivity index (χ0v) is 21.3. The quantitative estimate of drug-likeness (QED) is 0.433. The number of hydrogen-bond acceptors (Lipinski definition) is 5. The second-order valence-electron chi connectivity index (χ2n) is 8.76. The summed E-state index contributed by atoms with van der Waals surface area (Å²) in [5.74, 6) is -0.365. The van der Waals surface area contributed by atoms with E-state index in [9.17, 15) is 18.0 Å². The average molecular weight is 513 g/mol. The van der Waals surface area contributed by atoms with Crippen LogP contribution in [-0.4, -0.2) is 29.3 Å². The normalized spacial score (nSPS) is 14.4. The molecule has 1 N–H and O–H groups in total. The smallest absolute Gasteiger partial charge is 0.295 e. The minimum Gasteiger partial charge on any atom is -0.346 e. The molecule has 4 aromatic rings. The topological polar surface area (TPSA) is 103 Å². The van der Waals surface area contributed by atoms with Gasteiger partial charge in [-0.1, -0.05) is 60.2 Å². The first-order valence-electron chi connectivity index (χ1n) is 11.6. The fraction of sp³-hybridized carbons (Fsp3) is 0.107. The number of Topliss-reactive ketones (excluding diaryl/α,β-unsaturated/α-hetero) is 1. The van der Waals surface area contributed by atoms with E-state index in [1.54, 1.807) is 55.1 Å². The van der Waals surface area contributed by atoms with Crippen molar-refractivity contribution in [3.05, 3.63) is 123 Å². The molecule has 0 atom stereocenters. The third kappa shape index (κ3) is 4.34. The summed E-state index contributed by atoms with van der Waals surface area (Å²) in [5, 5.41) is 2.98. The number of para-hydroxylation sites is 1. The van der Waals surface area contributed by atoms with Gasteiger partial charge in [-0.15, -0.1) is 0 Å². The molecule has 0 bridgehead atoms. The number of anilines is 1. The third-order valence-corrected chi connectivity index (χ3v) is 7.63. The summed E-state index contributed by atoms with van der Waals surface area (Å²) < 4.78 is 33.5. The Hall–Kier alpha value is -4.50. The summed E-state index contributed by atoms with van der Waals surface area (Å²) in [6.45, 7) is 3.63. The average Bonchev–Trinajstić information content (AvgIpc) is 3.10. The van der Waals surface area contributed by atoms with Crippen molar-refractivity contribution >= 4 is 27.2 Å². The van der Waals surface area contributed by atoms with Gasteiger partial charge in [0.05, 0.1) is 27.7 Å². The summed E-state index contributed by atoms with van der Waals surface area (Å²) in [6, 6.07) is 22.2. The van der Waals surface area contributed by atoms with Crippen molar-refractivity contribution in [2.24, 2.45) is 11.4 Å². The van der Waals surface area contributed by atoms with Crippen molar-refractivity contribution in [2.75, 3.05) is 5.32 Å². The van der Waals surface area contributed by atoms with Gasteiger partial charge in [-0.25, -0.2) is 4.68 Å². The number of aryl methyl sites for hydroxylation is 1. The van der Waals surface area contributed by atoms with Crippen LogP contribution in [0.2, 0.25) is 0 Å². The summed E-state index contributed by atoms with van der Waals surface area (Å²) in [5.41, 5.74) is 2.93. The number of carbonyl (C=O) groups excluding carboxylic acids is 1. The molecule has 0 radical (unpaired) electrons. The SMILES string of the molecule is Cc1ccc(S(=O)(=O)N=C2C=C(Nc3c(C)n(C)n(-c4ccccc4)c3=O)C(=O)c3ccccc32)cc1. The van der Waals surface area contributed by atoms with E-state index >= 15 is 0 Å². The van der Waals surface area contributed by atoms with Crippen molar-refractivity contribution in [2.45, 2.75) is 18.7 Å². The van der Waals surface area contributed by atoms with Crippen molar-refractivity contribution in [3.8, 4) is 5.69 Å². The molecule has 0 saturated carbocycles. The van der Waals surface area contributed by atoms with Gasteiger partial charge in [0.2, 0.25) is 5.78 Å². The fourth-order valence-corrected chi connectivity index (χ4v) is 5.23. The van der Waals surface area contributed by atoms with Crippen molar-refractivity contribution in [3.63, 3.8) is 0 Å². The van der Waals surface area contributed by atoms with Gasteiger partial charge in [-0.05, 0) is 44.2 Å². The van der Waals surface area contributed by atoms with Crippen LogP contribution in [0.5, 0.6) is 0 Å².